The summed E-state index contributed by atoms with van der Waals surface area (Å²) in [5.41, 5.74) is 1.66. The van der Waals surface area contributed by atoms with Crippen molar-refractivity contribution in [3.05, 3.63) is 65.2 Å². The van der Waals surface area contributed by atoms with Crippen LogP contribution in [0, 0.1) is 0 Å². The van der Waals surface area contributed by atoms with Gasteiger partial charge in [0, 0.05) is 4.88 Å². The molecular weight excluding hydrogens is 378 g/mol. The smallest absolute Gasteiger partial charge is 0.230 e. The Morgan fingerprint density at radius 1 is 1.22 bits per heavy atom. The Kier molecular flexibility index (Phi) is 5.17. The summed E-state index contributed by atoms with van der Waals surface area (Å²) in [6.07, 6.45) is 3.26. The maximum atomic E-state index is 12.3. The van der Waals surface area contributed by atoms with Crippen molar-refractivity contribution in [2.24, 2.45) is 0 Å². The lowest BCUT2D eigenvalue weighted by molar-refractivity contribution is -0.119. The number of benzene rings is 1. The molecule has 0 spiro atoms. The molecule has 0 radical (unpaired) electrons. The van der Waals surface area contributed by atoms with E-state index in [0.29, 0.717) is 5.75 Å². The molecule has 0 aliphatic rings. The number of para-hydroxylation sites is 1. The van der Waals surface area contributed by atoms with Crippen molar-refractivity contribution in [2.75, 3.05) is 5.75 Å². The molecule has 4 aromatic rings. The van der Waals surface area contributed by atoms with Crippen LogP contribution in [-0.2, 0) is 4.79 Å². The standard InChI is InChI=1S/C19H17N5OS2/c1-13(16-8-5-9-26-16)23-17(25)11-27-19-15-10-22-24(18(15)20-12-21-19)14-6-3-2-4-7-14/h2-10,12-13H,11H2,1H3,(H,23,25)/t13-/m0/s1. The Balaban J connectivity index is 1.48. The van der Waals surface area contributed by atoms with Gasteiger partial charge in [0.25, 0.3) is 0 Å². The molecule has 1 atom stereocenters. The number of amides is 1. The van der Waals surface area contributed by atoms with Crippen LogP contribution in [0.1, 0.15) is 17.8 Å². The van der Waals surface area contributed by atoms with E-state index in [4.69, 9.17) is 0 Å². The van der Waals surface area contributed by atoms with Crippen molar-refractivity contribution in [1.29, 1.82) is 0 Å². The van der Waals surface area contributed by atoms with Crippen LogP contribution >= 0.6 is 23.1 Å². The van der Waals surface area contributed by atoms with Gasteiger partial charge in [-0.2, -0.15) is 5.10 Å². The molecule has 4 rings (SSSR count). The quantitative estimate of drug-likeness (QED) is 0.397. The summed E-state index contributed by atoms with van der Waals surface area (Å²) in [7, 11) is 0. The molecule has 136 valence electrons. The van der Waals surface area contributed by atoms with Crippen LogP contribution in [-0.4, -0.2) is 31.4 Å². The number of hydrogen-bond acceptors (Lipinski definition) is 6. The summed E-state index contributed by atoms with van der Waals surface area (Å²) in [4.78, 5) is 22.1. The van der Waals surface area contributed by atoms with Crippen molar-refractivity contribution in [3.63, 3.8) is 0 Å². The van der Waals surface area contributed by atoms with Crippen LogP contribution in [0.15, 0.2) is 65.4 Å². The minimum atomic E-state index is -0.0249. The Labute approximate surface area is 164 Å². The lowest BCUT2D eigenvalue weighted by Crippen LogP contribution is -2.27. The molecule has 1 aromatic carbocycles. The lowest BCUT2D eigenvalue weighted by Gasteiger charge is -2.11. The first-order valence-electron chi connectivity index (χ1n) is 8.42. The maximum absolute atomic E-state index is 12.3. The highest BCUT2D eigenvalue weighted by molar-refractivity contribution is 8.00. The molecule has 3 aromatic heterocycles. The van der Waals surface area contributed by atoms with Gasteiger partial charge in [-0.1, -0.05) is 36.0 Å². The van der Waals surface area contributed by atoms with Crippen molar-refractivity contribution >= 4 is 40.0 Å². The summed E-state index contributed by atoms with van der Waals surface area (Å²) in [6.45, 7) is 1.99. The van der Waals surface area contributed by atoms with Crippen molar-refractivity contribution in [3.8, 4) is 5.69 Å². The van der Waals surface area contributed by atoms with Gasteiger partial charge >= 0.3 is 0 Å². The van der Waals surface area contributed by atoms with Crippen LogP contribution in [0.4, 0.5) is 0 Å². The molecule has 6 nitrogen and oxygen atoms in total. The second-order valence-electron chi connectivity index (χ2n) is 5.90. The Hall–Kier alpha value is -2.71. The van der Waals surface area contributed by atoms with E-state index in [9.17, 15) is 4.79 Å². The van der Waals surface area contributed by atoms with Gasteiger partial charge in [0.05, 0.1) is 29.1 Å². The Morgan fingerprint density at radius 3 is 2.85 bits per heavy atom. The fourth-order valence-corrected chi connectivity index (χ4v) is 4.23. The average Bonchev–Trinajstić information content (AvgIpc) is 3.37. The molecule has 1 amide bonds. The van der Waals surface area contributed by atoms with Gasteiger partial charge < -0.3 is 5.32 Å². The van der Waals surface area contributed by atoms with Crippen LogP contribution in [0.25, 0.3) is 16.7 Å². The number of rotatable bonds is 6. The predicted octanol–water partition coefficient (Wildman–Crippen LogP) is 3.85. The topological polar surface area (TPSA) is 72.7 Å². The van der Waals surface area contributed by atoms with Gasteiger partial charge in [-0.25, -0.2) is 14.6 Å². The largest absolute Gasteiger partial charge is 0.348 e. The summed E-state index contributed by atoms with van der Waals surface area (Å²) in [5.74, 6) is 0.265. The minimum Gasteiger partial charge on any atom is -0.348 e. The number of carbonyl (C=O) groups excluding carboxylic acids is 1. The van der Waals surface area contributed by atoms with E-state index in [1.807, 2.05) is 54.8 Å². The third-order valence-electron chi connectivity index (χ3n) is 4.02. The van der Waals surface area contributed by atoms with E-state index in [1.54, 1.807) is 22.2 Å². The van der Waals surface area contributed by atoms with Crippen LogP contribution < -0.4 is 5.32 Å². The van der Waals surface area contributed by atoms with Gasteiger partial charge in [-0.15, -0.1) is 11.3 Å². The zero-order valence-electron chi connectivity index (χ0n) is 14.6. The van der Waals surface area contributed by atoms with Crippen LogP contribution in [0.2, 0.25) is 0 Å². The molecule has 3 heterocycles. The van der Waals surface area contributed by atoms with E-state index >= 15 is 0 Å². The molecule has 8 heteroatoms. The number of fused-ring (bicyclic) bond motifs is 1. The zero-order valence-corrected chi connectivity index (χ0v) is 16.2. The highest BCUT2D eigenvalue weighted by Gasteiger charge is 2.14. The number of nitrogens with zero attached hydrogens (tertiary/aromatic N) is 4. The fraction of sp³-hybridized carbons (Fsp3) is 0.158. The van der Waals surface area contributed by atoms with Crippen molar-refractivity contribution in [2.45, 2.75) is 18.0 Å². The number of thioether (sulfide) groups is 1. The Morgan fingerprint density at radius 2 is 2.07 bits per heavy atom. The predicted molar refractivity (Wildman–Crippen MR) is 108 cm³/mol. The summed E-state index contributed by atoms with van der Waals surface area (Å²) in [6, 6.07) is 13.8. The third kappa shape index (κ3) is 3.86. The summed E-state index contributed by atoms with van der Waals surface area (Å²) in [5, 5.41) is 11.1. The summed E-state index contributed by atoms with van der Waals surface area (Å²) >= 11 is 3.03. The highest BCUT2D eigenvalue weighted by Crippen LogP contribution is 2.26. The molecule has 0 bridgehead atoms. The SMILES string of the molecule is C[C@H](NC(=O)CSc1ncnc2c1cnn2-c1ccccc1)c1cccs1. The highest BCUT2D eigenvalue weighted by atomic mass is 32.2. The molecule has 0 unspecified atom stereocenters. The van der Waals surface area contributed by atoms with Gasteiger partial charge in [0.1, 0.15) is 11.4 Å². The molecule has 27 heavy (non-hydrogen) atoms. The number of nitrogens with one attached hydrogen (secondary N) is 1. The van der Waals surface area contributed by atoms with E-state index in [1.165, 1.54) is 18.1 Å². The van der Waals surface area contributed by atoms with E-state index in [0.717, 1.165) is 26.6 Å². The minimum absolute atomic E-state index is 0.00403. The van der Waals surface area contributed by atoms with Gasteiger partial charge in [0.2, 0.25) is 5.91 Å². The second kappa shape index (κ2) is 7.89. The van der Waals surface area contributed by atoms with Crippen LogP contribution in [0.3, 0.4) is 0 Å². The molecular formula is C19H17N5OS2. The Bertz CT molecular complexity index is 1050. The number of carbonyl (C=O) groups is 1. The van der Waals surface area contributed by atoms with E-state index in [2.05, 4.69) is 20.4 Å². The van der Waals surface area contributed by atoms with Crippen LogP contribution in [0.5, 0.6) is 0 Å². The molecule has 0 saturated carbocycles. The molecule has 0 aliphatic heterocycles. The second-order valence-corrected chi connectivity index (χ2v) is 7.84. The molecule has 1 N–H and O–H groups in total. The first-order chi connectivity index (χ1) is 13.2. The average molecular weight is 396 g/mol. The van der Waals surface area contributed by atoms with E-state index < -0.39 is 0 Å². The lowest BCUT2D eigenvalue weighted by atomic mass is 10.3. The maximum Gasteiger partial charge on any atom is 0.230 e. The van der Waals surface area contributed by atoms with Gasteiger partial charge in [-0.05, 0) is 30.5 Å². The van der Waals surface area contributed by atoms with Crippen molar-refractivity contribution in [1.82, 2.24) is 25.1 Å². The molecule has 0 saturated heterocycles. The fourth-order valence-electron chi connectivity index (χ4n) is 2.72. The number of thiophene rings is 1. The van der Waals surface area contributed by atoms with Gasteiger partial charge in [-0.3, -0.25) is 4.79 Å². The first kappa shape index (κ1) is 17.7. The van der Waals surface area contributed by atoms with Crippen molar-refractivity contribution < 1.29 is 4.79 Å². The van der Waals surface area contributed by atoms with Gasteiger partial charge in [0.15, 0.2) is 5.65 Å². The number of hydrogen-bond donors (Lipinski definition) is 1. The summed E-state index contributed by atoms with van der Waals surface area (Å²) < 4.78 is 1.78. The zero-order chi connectivity index (χ0) is 18.6. The first-order valence-corrected chi connectivity index (χ1v) is 10.3. The molecule has 0 fully saturated rings. The molecule has 0 aliphatic carbocycles. The normalized spacial score (nSPS) is 12.2. The monoisotopic (exact) mass is 395 g/mol. The third-order valence-corrected chi connectivity index (χ3v) is 6.08. The van der Waals surface area contributed by atoms with E-state index in [-0.39, 0.29) is 11.9 Å². The number of aromatic nitrogens is 4.